The van der Waals surface area contributed by atoms with Crippen LogP contribution < -0.4 is 10.1 Å². The Morgan fingerprint density at radius 3 is 2.48 bits per heavy atom. The molecule has 1 fully saturated rings. The van der Waals surface area contributed by atoms with Gasteiger partial charge < -0.3 is 10.1 Å². The van der Waals surface area contributed by atoms with Crippen molar-refractivity contribution in [1.82, 2.24) is 10.2 Å². The molecule has 1 aliphatic heterocycles. The van der Waals surface area contributed by atoms with E-state index in [0.29, 0.717) is 12.1 Å². The van der Waals surface area contributed by atoms with Gasteiger partial charge in [-0.1, -0.05) is 30.3 Å². The molecule has 0 spiro atoms. The van der Waals surface area contributed by atoms with Gasteiger partial charge in [0.1, 0.15) is 12.4 Å². The summed E-state index contributed by atoms with van der Waals surface area (Å²) in [6.45, 7) is 4.07. The smallest absolute Gasteiger partial charge is 0.165 e. The minimum Gasteiger partial charge on any atom is -0.486 e. The monoisotopic (exact) mass is 318 g/mol. The highest BCUT2D eigenvalue weighted by Gasteiger charge is 2.16. The van der Waals surface area contributed by atoms with Crippen LogP contribution >= 0.6 is 0 Å². The number of hydrogen-bond donors (Lipinski definition) is 1. The molecule has 0 bridgehead atoms. The molecular formula is C18H20F2N2O. The molecule has 3 rings (SSSR count). The molecule has 1 saturated heterocycles. The minimum atomic E-state index is -0.521. The summed E-state index contributed by atoms with van der Waals surface area (Å²) < 4.78 is 33.8. The zero-order chi connectivity index (χ0) is 16.1. The van der Waals surface area contributed by atoms with Gasteiger partial charge in [-0.05, 0) is 11.6 Å². The third-order valence-corrected chi connectivity index (χ3v) is 3.94. The lowest BCUT2D eigenvalue weighted by Gasteiger charge is -2.27. The Hall–Kier alpha value is -1.98. The van der Waals surface area contributed by atoms with E-state index in [9.17, 15) is 8.78 Å². The topological polar surface area (TPSA) is 24.5 Å². The molecule has 23 heavy (non-hydrogen) atoms. The fourth-order valence-electron chi connectivity index (χ4n) is 2.65. The number of hydrogen-bond acceptors (Lipinski definition) is 3. The van der Waals surface area contributed by atoms with E-state index in [-0.39, 0.29) is 12.4 Å². The lowest BCUT2D eigenvalue weighted by molar-refractivity contribution is 0.229. The second-order valence-electron chi connectivity index (χ2n) is 5.67. The number of piperazine rings is 1. The van der Waals surface area contributed by atoms with Crippen LogP contribution in [0.1, 0.15) is 11.1 Å². The Morgan fingerprint density at radius 2 is 1.74 bits per heavy atom. The average molecular weight is 318 g/mol. The lowest BCUT2D eigenvalue weighted by Crippen LogP contribution is -2.43. The van der Waals surface area contributed by atoms with Crippen molar-refractivity contribution in [2.45, 2.75) is 13.2 Å². The van der Waals surface area contributed by atoms with Crippen LogP contribution in [0.2, 0.25) is 0 Å². The number of nitrogens with zero attached hydrogens (tertiary/aromatic N) is 1. The minimum absolute atomic E-state index is 0.0459. The van der Waals surface area contributed by atoms with Crippen molar-refractivity contribution in [3.63, 3.8) is 0 Å². The highest BCUT2D eigenvalue weighted by molar-refractivity contribution is 5.31. The Balaban J connectivity index is 1.67. The van der Waals surface area contributed by atoms with Crippen LogP contribution in [0, 0.1) is 11.6 Å². The van der Waals surface area contributed by atoms with E-state index in [1.807, 2.05) is 30.3 Å². The van der Waals surface area contributed by atoms with Gasteiger partial charge in [0, 0.05) is 44.4 Å². The number of ether oxygens (including phenoxy) is 1. The van der Waals surface area contributed by atoms with Crippen LogP contribution in [-0.2, 0) is 13.2 Å². The molecule has 1 N–H and O–H groups in total. The van der Waals surface area contributed by atoms with Crippen molar-refractivity contribution in [1.29, 1.82) is 0 Å². The first-order chi connectivity index (χ1) is 11.2. The Kier molecular flexibility index (Phi) is 5.20. The van der Waals surface area contributed by atoms with Gasteiger partial charge in [0.15, 0.2) is 11.6 Å². The molecule has 2 aromatic rings. The summed E-state index contributed by atoms with van der Waals surface area (Å²) in [5.41, 5.74) is 1.29. The molecule has 0 radical (unpaired) electrons. The molecule has 2 aromatic carbocycles. The maximum atomic E-state index is 14.2. The molecular weight excluding hydrogens is 298 g/mol. The lowest BCUT2D eigenvalue weighted by atomic mass is 10.1. The summed E-state index contributed by atoms with van der Waals surface area (Å²) in [7, 11) is 0. The van der Waals surface area contributed by atoms with Crippen LogP contribution in [0.15, 0.2) is 42.5 Å². The third kappa shape index (κ3) is 4.27. The van der Waals surface area contributed by atoms with Crippen LogP contribution in [-0.4, -0.2) is 31.1 Å². The Morgan fingerprint density at radius 1 is 1.00 bits per heavy atom. The van der Waals surface area contributed by atoms with Gasteiger partial charge in [-0.15, -0.1) is 0 Å². The van der Waals surface area contributed by atoms with Gasteiger partial charge in [-0.25, -0.2) is 8.78 Å². The molecule has 122 valence electrons. The fraction of sp³-hybridized carbons (Fsp3) is 0.333. The summed E-state index contributed by atoms with van der Waals surface area (Å²) in [6, 6.07) is 11.8. The number of benzene rings is 2. The number of nitrogens with one attached hydrogen (secondary N) is 1. The summed E-state index contributed by atoms with van der Waals surface area (Å²) in [5, 5.41) is 3.24. The van der Waals surface area contributed by atoms with Crippen molar-refractivity contribution in [3.05, 3.63) is 65.2 Å². The first-order valence-corrected chi connectivity index (χ1v) is 7.80. The van der Waals surface area contributed by atoms with E-state index in [4.69, 9.17) is 4.74 Å². The van der Waals surface area contributed by atoms with Gasteiger partial charge in [0.05, 0.1) is 0 Å². The molecule has 3 nitrogen and oxygen atoms in total. The average Bonchev–Trinajstić information content (AvgIpc) is 2.58. The van der Waals surface area contributed by atoms with E-state index < -0.39 is 11.6 Å². The van der Waals surface area contributed by atoms with E-state index in [2.05, 4.69) is 10.2 Å². The normalized spacial score (nSPS) is 15.6. The van der Waals surface area contributed by atoms with Gasteiger partial charge in [-0.2, -0.15) is 0 Å². The first kappa shape index (κ1) is 15.9. The standard InChI is InChI=1S/C18H20F2N2O/c19-16-11-18(23-13-14-4-2-1-3-5-14)17(20)10-15(16)12-22-8-6-21-7-9-22/h1-5,10-11,21H,6-9,12-13H2. The van der Waals surface area contributed by atoms with Crippen molar-refractivity contribution in [2.24, 2.45) is 0 Å². The molecule has 0 unspecified atom stereocenters. The summed E-state index contributed by atoms with van der Waals surface area (Å²) in [5.74, 6) is -0.990. The summed E-state index contributed by atoms with van der Waals surface area (Å²) in [4.78, 5) is 2.11. The molecule has 1 aliphatic rings. The number of halogens is 2. The zero-order valence-corrected chi connectivity index (χ0v) is 12.9. The predicted molar refractivity (Wildman–Crippen MR) is 85.3 cm³/mol. The van der Waals surface area contributed by atoms with Crippen LogP contribution in [0.25, 0.3) is 0 Å². The van der Waals surface area contributed by atoms with E-state index in [1.54, 1.807) is 0 Å². The summed E-state index contributed by atoms with van der Waals surface area (Å²) >= 11 is 0. The molecule has 0 saturated carbocycles. The molecule has 1 heterocycles. The highest BCUT2D eigenvalue weighted by atomic mass is 19.1. The fourth-order valence-corrected chi connectivity index (χ4v) is 2.65. The maximum absolute atomic E-state index is 14.2. The second kappa shape index (κ2) is 7.53. The van der Waals surface area contributed by atoms with Crippen LogP contribution in [0.5, 0.6) is 5.75 Å². The van der Waals surface area contributed by atoms with Crippen LogP contribution in [0.3, 0.4) is 0 Å². The molecule has 0 aromatic heterocycles. The molecule has 0 aliphatic carbocycles. The van der Waals surface area contributed by atoms with Crippen LogP contribution in [0.4, 0.5) is 8.78 Å². The Labute approximate surface area is 134 Å². The van der Waals surface area contributed by atoms with E-state index >= 15 is 0 Å². The molecule has 0 atom stereocenters. The zero-order valence-electron chi connectivity index (χ0n) is 12.9. The molecule has 5 heteroatoms. The van der Waals surface area contributed by atoms with E-state index in [1.165, 1.54) is 6.07 Å². The van der Waals surface area contributed by atoms with Gasteiger partial charge in [0.25, 0.3) is 0 Å². The maximum Gasteiger partial charge on any atom is 0.165 e. The van der Waals surface area contributed by atoms with Gasteiger partial charge in [-0.3, -0.25) is 4.90 Å². The van der Waals surface area contributed by atoms with Crippen molar-refractivity contribution in [2.75, 3.05) is 26.2 Å². The number of rotatable bonds is 5. The quantitative estimate of drug-likeness (QED) is 0.917. The first-order valence-electron chi connectivity index (χ1n) is 7.80. The van der Waals surface area contributed by atoms with Gasteiger partial charge >= 0.3 is 0 Å². The van der Waals surface area contributed by atoms with Crippen molar-refractivity contribution in [3.8, 4) is 5.75 Å². The van der Waals surface area contributed by atoms with E-state index in [0.717, 1.165) is 37.8 Å². The SMILES string of the molecule is Fc1cc(OCc2ccccc2)c(F)cc1CN1CCNCC1. The predicted octanol–water partition coefficient (Wildman–Crippen LogP) is 2.95. The van der Waals surface area contributed by atoms with Crippen molar-refractivity contribution < 1.29 is 13.5 Å². The molecule has 0 amide bonds. The third-order valence-electron chi connectivity index (χ3n) is 3.94. The highest BCUT2D eigenvalue weighted by Crippen LogP contribution is 2.23. The van der Waals surface area contributed by atoms with Crippen molar-refractivity contribution >= 4 is 0 Å². The second-order valence-corrected chi connectivity index (χ2v) is 5.67. The summed E-state index contributed by atoms with van der Waals surface area (Å²) in [6.07, 6.45) is 0. The van der Waals surface area contributed by atoms with Gasteiger partial charge in [0.2, 0.25) is 0 Å². The largest absolute Gasteiger partial charge is 0.486 e. The Bertz CT molecular complexity index is 643.